The van der Waals surface area contributed by atoms with Gasteiger partial charge in [0.25, 0.3) is 0 Å². The molecule has 1 aromatic rings. The number of hydrogen-bond donors (Lipinski definition) is 0. The van der Waals surface area contributed by atoms with Crippen molar-refractivity contribution >= 4 is 0 Å². The van der Waals surface area contributed by atoms with Gasteiger partial charge in [-0.1, -0.05) is 6.07 Å². The highest BCUT2D eigenvalue weighted by molar-refractivity contribution is 5.18. The van der Waals surface area contributed by atoms with E-state index >= 15 is 0 Å². The molecule has 12 heavy (non-hydrogen) atoms. The predicted molar refractivity (Wildman–Crippen MR) is 48.6 cm³/mol. The van der Waals surface area contributed by atoms with Gasteiger partial charge in [-0.15, -0.1) is 6.54 Å². The molecule has 0 unspecified atom stereocenters. The molecule has 0 spiro atoms. The van der Waals surface area contributed by atoms with E-state index in [9.17, 15) is 0 Å². The lowest BCUT2D eigenvalue weighted by atomic mass is 10.2. The summed E-state index contributed by atoms with van der Waals surface area (Å²) in [7, 11) is 3.43. The van der Waals surface area contributed by atoms with Crippen molar-refractivity contribution in [2.75, 3.05) is 20.7 Å². The van der Waals surface area contributed by atoms with Crippen LogP contribution in [0, 0.1) is 0 Å². The molecule has 0 aliphatic rings. The second-order valence-corrected chi connectivity index (χ2v) is 2.50. The topological polar surface area (TPSA) is 36.2 Å². The van der Waals surface area contributed by atoms with E-state index in [1.165, 1.54) is 5.56 Å². The number of likely N-dealkylation sites (N-methyl/N-ethyl adjacent to an activating group) is 1. The molecule has 1 rings (SSSR count). The average Bonchev–Trinajstić information content (AvgIpc) is 2.15. The summed E-state index contributed by atoms with van der Waals surface area (Å²) in [6, 6.07) is 3.88. The van der Waals surface area contributed by atoms with E-state index in [1.807, 2.05) is 25.4 Å². The van der Waals surface area contributed by atoms with Crippen LogP contribution in [0.1, 0.15) is 5.56 Å². The fraction of sp³-hybridized carbons (Fsp3) is 0.444. The standard InChI is InChI=1S/C9H13N2O/c1-10-6-5-8-3-4-9(12-2)11-7-8/h3-4,7H,5-6H2,1-2H3/q-1. The summed E-state index contributed by atoms with van der Waals surface area (Å²) < 4.78 is 4.94. The van der Waals surface area contributed by atoms with Gasteiger partial charge in [-0.05, 0) is 12.0 Å². The molecule has 0 N–H and O–H groups in total. The Morgan fingerprint density at radius 2 is 2.33 bits per heavy atom. The SMILES string of the molecule is C[N-]CCc1ccc(OC)nc1. The van der Waals surface area contributed by atoms with Crippen molar-refractivity contribution < 1.29 is 4.74 Å². The van der Waals surface area contributed by atoms with Crippen molar-refractivity contribution in [1.82, 2.24) is 4.98 Å². The zero-order chi connectivity index (χ0) is 8.81. The van der Waals surface area contributed by atoms with Crippen LogP contribution >= 0.6 is 0 Å². The van der Waals surface area contributed by atoms with Gasteiger partial charge in [0.2, 0.25) is 5.88 Å². The minimum atomic E-state index is 0.659. The van der Waals surface area contributed by atoms with Crippen LogP contribution < -0.4 is 4.74 Å². The van der Waals surface area contributed by atoms with Gasteiger partial charge < -0.3 is 10.1 Å². The van der Waals surface area contributed by atoms with Crippen LogP contribution in [0.5, 0.6) is 5.88 Å². The first kappa shape index (κ1) is 9.00. The van der Waals surface area contributed by atoms with Crippen molar-refractivity contribution in [3.63, 3.8) is 0 Å². The monoisotopic (exact) mass is 165 g/mol. The molecule has 66 valence electrons. The second-order valence-electron chi connectivity index (χ2n) is 2.50. The fourth-order valence-electron chi connectivity index (χ4n) is 0.920. The van der Waals surface area contributed by atoms with Crippen molar-refractivity contribution in [1.29, 1.82) is 0 Å². The molecule has 3 heteroatoms. The maximum atomic E-state index is 4.94. The number of pyridine rings is 1. The van der Waals surface area contributed by atoms with Crippen molar-refractivity contribution in [2.24, 2.45) is 0 Å². The Hall–Kier alpha value is -1.09. The summed E-state index contributed by atoms with van der Waals surface area (Å²) in [5.41, 5.74) is 1.20. The molecule has 0 aliphatic carbocycles. The van der Waals surface area contributed by atoms with Crippen molar-refractivity contribution in [2.45, 2.75) is 6.42 Å². The maximum absolute atomic E-state index is 4.94. The third-order valence-electron chi connectivity index (χ3n) is 1.63. The summed E-state index contributed by atoms with van der Waals surface area (Å²) in [4.78, 5) is 4.09. The number of nitrogens with zero attached hydrogens (tertiary/aromatic N) is 2. The van der Waals surface area contributed by atoms with Gasteiger partial charge in [0.1, 0.15) is 0 Å². The van der Waals surface area contributed by atoms with E-state index in [0.29, 0.717) is 5.88 Å². The van der Waals surface area contributed by atoms with Crippen LogP contribution in [0.2, 0.25) is 0 Å². The van der Waals surface area contributed by atoms with Crippen LogP contribution in [0.3, 0.4) is 0 Å². The molecule has 0 saturated heterocycles. The van der Waals surface area contributed by atoms with Crippen LogP contribution in [0.15, 0.2) is 18.3 Å². The van der Waals surface area contributed by atoms with E-state index in [0.717, 1.165) is 13.0 Å². The van der Waals surface area contributed by atoms with Crippen molar-refractivity contribution in [3.8, 4) is 5.88 Å². The number of aromatic nitrogens is 1. The molecule has 0 amide bonds. The largest absolute Gasteiger partial charge is 0.665 e. The number of hydrogen-bond acceptors (Lipinski definition) is 2. The summed E-state index contributed by atoms with van der Waals surface area (Å²) in [5, 5.41) is 4.01. The number of ether oxygens (including phenoxy) is 1. The summed E-state index contributed by atoms with van der Waals surface area (Å²) >= 11 is 0. The van der Waals surface area contributed by atoms with Gasteiger partial charge in [0.05, 0.1) is 7.11 Å². The predicted octanol–water partition coefficient (Wildman–Crippen LogP) is 1.64. The van der Waals surface area contributed by atoms with Crippen molar-refractivity contribution in [3.05, 3.63) is 29.2 Å². The molecule has 0 radical (unpaired) electrons. The first-order chi connectivity index (χ1) is 5.86. The molecular formula is C9H13N2O-. The van der Waals surface area contributed by atoms with Gasteiger partial charge >= 0.3 is 0 Å². The molecule has 0 aromatic carbocycles. The van der Waals surface area contributed by atoms with E-state index in [-0.39, 0.29) is 0 Å². The summed E-state index contributed by atoms with van der Waals surface area (Å²) in [6.45, 7) is 0.855. The van der Waals surface area contributed by atoms with E-state index in [1.54, 1.807) is 7.11 Å². The highest BCUT2D eigenvalue weighted by atomic mass is 16.5. The highest BCUT2D eigenvalue weighted by Gasteiger charge is 1.91. The van der Waals surface area contributed by atoms with Crippen LogP contribution in [0.25, 0.3) is 5.32 Å². The Labute approximate surface area is 72.8 Å². The van der Waals surface area contributed by atoms with Gasteiger partial charge in [-0.25, -0.2) is 4.98 Å². The minimum Gasteiger partial charge on any atom is -0.665 e. The molecule has 0 fully saturated rings. The van der Waals surface area contributed by atoms with Gasteiger partial charge in [0, 0.05) is 12.3 Å². The number of methoxy groups -OCH3 is 1. The Kier molecular flexibility index (Phi) is 3.54. The third kappa shape index (κ3) is 2.51. The molecule has 0 bridgehead atoms. The normalized spacial score (nSPS) is 9.83. The maximum Gasteiger partial charge on any atom is 0.212 e. The first-order valence-electron chi connectivity index (χ1n) is 3.91. The molecule has 0 aliphatic heterocycles. The van der Waals surface area contributed by atoms with Gasteiger partial charge in [-0.3, -0.25) is 0 Å². The van der Waals surface area contributed by atoms with Crippen LogP contribution in [-0.2, 0) is 6.42 Å². The lowest BCUT2D eigenvalue weighted by Gasteiger charge is -2.09. The van der Waals surface area contributed by atoms with E-state index in [4.69, 9.17) is 4.74 Å². The lowest BCUT2D eigenvalue weighted by Crippen LogP contribution is -1.92. The Bertz CT molecular complexity index is 220. The zero-order valence-corrected chi connectivity index (χ0v) is 7.45. The smallest absolute Gasteiger partial charge is 0.212 e. The van der Waals surface area contributed by atoms with Crippen LogP contribution in [0.4, 0.5) is 0 Å². The molecule has 3 nitrogen and oxygen atoms in total. The third-order valence-corrected chi connectivity index (χ3v) is 1.63. The van der Waals surface area contributed by atoms with Gasteiger partial charge in [-0.2, -0.15) is 7.05 Å². The Morgan fingerprint density at radius 1 is 1.50 bits per heavy atom. The quantitative estimate of drug-likeness (QED) is 0.680. The zero-order valence-electron chi connectivity index (χ0n) is 7.45. The van der Waals surface area contributed by atoms with Crippen LogP contribution in [-0.4, -0.2) is 25.7 Å². The van der Waals surface area contributed by atoms with E-state index < -0.39 is 0 Å². The Balaban J connectivity index is 2.53. The highest BCUT2D eigenvalue weighted by Crippen LogP contribution is 2.07. The second kappa shape index (κ2) is 4.72. The minimum absolute atomic E-state index is 0.659. The summed E-state index contributed by atoms with van der Waals surface area (Å²) in [6.07, 6.45) is 2.78. The Morgan fingerprint density at radius 3 is 2.83 bits per heavy atom. The molecule has 0 atom stereocenters. The molecule has 1 aromatic heterocycles. The molecular weight excluding hydrogens is 152 g/mol. The summed E-state index contributed by atoms with van der Waals surface area (Å²) in [5.74, 6) is 0.659. The lowest BCUT2D eigenvalue weighted by molar-refractivity contribution is 0.397. The van der Waals surface area contributed by atoms with Gasteiger partial charge in [0.15, 0.2) is 0 Å². The fourth-order valence-corrected chi connectivity index (χ4v) is 0.920. The molecule has 0 saturated carbocycles. The molecule has 1 heterocycles. The number of rotatable bonds is 4. The van der Waals surface area contributed by atoms with E-state index in [2.05, 4.69) is 10.3 Å². The first-order valence-corrected chi connectivity index (χ1v) is 3.91. The average molecular weight is 165 g/mol.